The van der Waals surface area contributed by atoms with Crippen LogP contribution in [0.5, 0.6) is 0 Å². The maximum absolute atomic E-state index is 5.53. The Hall–Kier alpha value is -0.610. The first-order valence-corrected chi connectivity index (χ1v) is 8.83. The molecule has 1 aromatic heterocycles. The first-order valence-electron chi connectivity index (χ1n) is 8.83. The zero-order valence-electron chi connectivity index (χ0n) is 13.1. The fraction of sp³-hybridized carbons (Fsp3) is 0.882. The standard InChI is InChI=1S/C17H25N3O.ClH/c1-2-11(1)9-18-10-15-19-16(20-21-15)17-6-12-3-13(7-17)5-14(4-12)8-17;/h11-14,18H,1-10H2;1H. The Morgan fingerprint density at radius 3 is 2.27 bits per heavy atom. The van der Waals surface area contributed by atoms with Crippen LogP contribution in [0.15, 0.2) is 4.52 Å². The van der Waals surface area contributed by atoms with E-state index in [2.05, 4.69) is 10.5 Å². The number of aromatic nitrogens is 2. The van der Waals surface area contributed by atoms with Crippen LogP contribution in [-0.2, 0) is 12.0 Å². The van der Waals surface area contributed by atoms with Crippen molar-refractivity contribution < 1.29 is 4.52 Å². The molecule has 0 amide bonds. The van der Waals surface area contributed by atoms with Crippen molar-refractivity contribution in [2.75, 3.05) is 6.54 Å². The van der Waals surface area contributed by atoms with Gasteiger partial charge >= 0.3 is 0 Å². The normalized spacial score (nSPS) is 39.0. The van der Waals surface area contributed by atoms with Gasteiger partial charge < -0.3 is 9.84 Å². The molecule has 0 radical (unpaired) electrons. The summed E-state index contributed by atoms with van der Waals surface area (Å²) in [5.74, 6) is 5.53. The molecule has 22 heavy (non-hydrogen) atoms. The maximum atomic E-state index is 5.53. The Balaban J connectivity index is 0.00000125. The molecule has 1 N–H and O–H groups in total. The lowest BCUT2D eigenvalue weighted by Gasteiger charge is -2.55. The van der Waals surface area contributed by atoms with Crippen molar-refractivity contribution in [2.45, 2.75) is 63.3 Å². The molecule has 0 atom stereocenters. The molecule has 122 valence electrons. The van der Waals surface area contributed by atoms with Crippen LogP contribution in [-0.4, -0.2) is 16.7 Å². The molecule has 0 aliphatic heterocycles. The molecule has 5 saturated carbocycles. The number of nitrogens with one attached hydrogen (secondary N) is 1. The highest BCUT2D eigenvalue weighted by atomic mass is 35.5. The molecule has 0 spiro atoms. The zero-order chi connectivity index (χ0) is 13.9. The third-order valence-electron chi connectivity index (χ3n) is 6.39. The number of rotatable bonds is 5. The summed E-state index contributed by atoms with van der Waals surface area (Å²) in [5, 5.41) is 7.85. The Labute approximate surface area is 138 Å². The molecule has 1 heterocycles. The van der Waals surface area contributed by atoms with Crippen molar-refractivity contribution >= 4 is 12.4 Å². The maximum Gasteiger partial charge on any atom is 0.240 e. The highest BCUT2D eigenvalue weighted by molar-refractivity contribution is 5.85. The van der Waals surface area contributed by atoms with Crippen LogP contribution in [0.25, 0.3) is 0 Å². The molecule has 4 bridgehead atoms. The first-order chi connectivity index (χ1) is 10.3. The van der Waals surface area contributed by atoms with Crippen LogP contribution >= 0.6 is 12.4 Å². The largest absolute Gasteiger partial charge is 0.338 e. The monoisotopic (exact) mass is 323 g/mol. The second-order valence-corrected chi connectivity index (χ2v) is 8.28. The van der Waals surface area contributed by atoms with Crippen molar-refractivity contribution in [2.24, 2.45) is 23.7 Å². The highest BCUT2D eigenvalue weighted by Crippen LogP contribution is 2.60. The van der Waals surface area contributed by atoms with Gasteiger partial charge in [0.05, 0.1) is 6.54 Å². The van der Waals surface area contributed by atoms with E-state index >= 15 is 0 Å². The fourth-order valence-electron chi connectivity index (χ4n) is 5.63. The zero-order valence-corrected chi connectivity index (χ0v) is 13.9. The Morgan fingerprint density at radius 1 is 1.05 bits per heavy atom. The van der Waals surface area contributed by atoms with Crippen LogP contribution in [0.2, 0.25) is 0 Å². The van der Waals surface area contributed by atoms with Crippen LogP contribution in [0.1, 0.15) is 63.1 Å². The van der Waals surface area contributed by atoms with Crippen LogP contribution in [0, 0.1) is 23.7 Å². The van der Waals surface area contributed by atoms with E-state index in [1.807, 2.05) is 0 Å². The summed E-state index contributed by atoms with van der Waals surface area (Å²) in [5.41, 5.74) is 0.271. The van der Waals surface area contributed by atoms with E-state index in [0.717, 1.165) is 48.5 Å². The summed E-state index contributed by atoms with van der Waals surface area (Å²) in [6.45, 7) is 1.85. The van der Waals surface area contributed by atoms with Crippen molar-refractivity contribution in [3.05, 3.63) is 11.7 Å². The third-order valence-corrected chi connectivity index (χ3v) is 6.39. The minimum absolute atomic E-state index is 0. The second-order valence-electron chi connectivity index (χ2n) is 8.28. The summed E-state index contributed by atoms with van der Waals surface area (Å²) in [6.07, 6.45) is 11.1. The number of hydrogen-bond acceptors (Lipinski definition) is 4. The quantitative estimate of drug-likeness (QED) is 0.901. The molecule has 0 aromatic carbocycles. The van der Waals surface area contributed by atoms with Gasteiger partial charge in [-0.2, -0.15) is 4.98 Å². The van der Waals surface area contributed by atoms with E-state index in [1.54, 1.807) is 0 Å². The average Bonchev–Trinajstić information content (AvgIpc) is 3.12. The lowest BCUT2D eigenvalue weighted by Crippen LogP contribution is -2.49. The lowest BCUT2D eigenvalue weighted by molar-refractivity contribution is -0.0103. The summed E-state index contributed by atoms with van der Waals surface area (Å²) in [4.78, 5) is 4.78. The highest BCUT2D eigenvalue weighted by Gasteiger charge is 2.53. The number of nitrogens with zero attached hydrogens (tertiary/aromatic N) is 2. The predicted molar refractivity (Wildman–Crippen MR) is 85.8 cm³/mol. The Kier molecular flexibility index (Phi) is 3.73. The average molecular weight is 324 g/mol. The van der Waals surface area contributed by atoms with E-state index < -0.39 is 0 Å². The Bertz CT molecular complexity index is 504. The molecule has 6 rings (SSSR count). The van der Waals surface area contributed by atoms with Crippen molar-refractivity contribution in [1.82, 2.24) is 15.5 Å². The summed E-state index contributed by atoms with van der Waals surface area (Å²) < 4.78 is 5.53. The van der Waals surface area contributed by atoms with Gasteiger partial charge in [-0.15, -0.1) is 12.4 Å². The molecule has 5 heteroatoms. The topological polar surface area (TPSA) is 51.0 Å². The van der Waals surface area contributed by atoms with E-state index in [1.165, 1.54) is 51.4 Å². The molecule has 0 unspecified atom stereocenters. The molecular weight excluding hydrogens is 298 g/mol. The lowest BCUT2D eigenvalue weighted by atomic mass is 9.49. The van der Waals surface area contributed by atoms with Crippen molar-refractivity contribution in [3.63, 3.8) is 0 Å². The van der Waals surface area contributed by atoms with Gasteiger partial charge in [0.2, 0.25) is 5.89 Å². The Morgan fingerprint density at radius 2 is 1.68 bits per heavy atom. The van der Waals surface area contributed by atoms with Gasteiger partial charge in [0.15, 0.2) is 5.82 Å². The van der Waals surface area contributed by atoms with Gasteiger partial charge in [-0.3, -0.25) is 0 Å². The fourth-order valence-corrected chi connectivity index (χ4v) is 5.63. The van der Waals surface area contributed by atoms with E-state index in [0.29, 0.717) is 0 Å². The van der Waals surface area contributed by atoms with E-state index in [9.17, 15) is 0 Å². The minimum atomic E-state index is 0. The van der Waals surface area contributed by atoms with Crippen molar-refractivity contribution in [1.29, 1.82) is 0 Å². The predicted octanol–water partition coefficient (Wildman–Crippen LogP) is 3.46. The first kappa shape index (κ1) is 14.9. The van der Waals surface area contributed by atoms with Gasteiger partial charge in [-0.25, -0.2) is 0 Å². The molecule has 0 saturated heterocycles. The van der Waals surface area contributed by atoms with Crippen molar-refractivity contribution in [3.8, 4) is 0 Å². The van der Waals surface area contributed by atoms with Gasteiger partial charge in [-0.1, -0.05) is 5.16 Å². The summed E-state index contributed by atoms with van der Waals surface area (Å²) in [6, 6.07) is 0. The molecule has 4 nitrogen and oxygen atoms in total. The number of hydrogen-bond donors (Lipinski definition) is 1. The van der Waals surface area contributed by atoms with Gasteiger partial charge in [0.1, 0.15) is 0 Å². The van der Waals surface area contributed by atoms with Crippen LogP contribution in [0.4, 0.5) is 0 Å². The summed E-state index contributed by atoms with van der Waals surface area (Å²) in [7, 11) is 0. The van der Waals surface area contributed by atoms with Gasteiger partial charge in [0.25, 0.3) is 0 Å². The smallest absolute Gasteiger partial charge is 0.240 e. The third kappa shape index (κ3) is 2.58. The minimum Gasteiger partial charge on any atom is -0.338 e. The number of halogens is 1. The van der Waals surface area contributed by atoms with Crippen LogP contribution in [0.3, 0.4) is 0 Å². The molecule has 5 aliphatic rings. The van der Waals surface area contributed by atoms with E-state index in [-0.39, 0.29) is 17.8 Å². The molecular formula is C17H26ClN3O. The second kappa shape index (κ2) is 5.48. The van der Waals surface area contributed by atoms with E-state index in [4.69, 9.17) is 9.51 Å². The summed E-state index contributed by atoms with van der Waals surface area (Å²) >= 11 is 0. The van der Waals surface area contributed by atoms with Gasteiger partial charge in [-0.05, 0) is 81.6 Å². The molecule has 1 aromatic rings. The molecule has 5 fully saturated rings. The van der Waals surface area contributed by atoms with Gasteiger partial charge in [0, 0.05) is 5.41 Å². The molecule has 5 aliphatic carbocycles. The SMILES string of the molecule is C(NCC1CC1)c1nc(C23CC4CC(CC(C4)C2)C3)no1.Cl. The van der Waals surface area contributed by atoms with Crippen LogP contribution < -0.4 is 5.32 Å².